The topological polar surface area (TPSA) is 29.5 Å². The third kappa shape index (κ3) is 3.61. The fraction of sp³-hybridized carbons (Fsp3) is 0.381. The number of carbonyl (C=O) groups excluding carboxylic acids is 1. The Hall–Kier alpha value is -2.29. The van der Waals surface area contributed by atoms with Crippen molar-refractivity contribution in [3.05, 3.63) is 71.3 Å². The SMILES string of the molecule is CCc1ccccc1[C@@H](C)CN1C(=O)OC[C@H]1Cc1ccccc1. The maximum Gasteiger partial charge on any atom is 0.410 e. The first-order chi connectivity index (χ1) is 11.7. The third-order valence-corrected chi connectivity index (χ3v) is 4.83. The average molecular weight is 323 g/mol. The lowest BCUT2D eigenvalue weighted by molar-refractivity contribution is 0.156. The molecule has 2 aromatic rings. The number of carbonyl (C=O) groups is 1. The molecule has 0 saturated carbocycles. The zero-order valence-electron chi connectivity index (χ0n) is 14.4. The molecule has 2 aromatic carbocycles. The summed E-state index contributed by atoms with van der Waals surface area (Å²) < 4.78 is 5.33. The quantitative estimate of drug-likeness (QED) is 0.788. The zero-order valence-corrected chi connectivity index (χ0v) is 14.4. The van der Waals surface area contributed by atoms with Gasteiger partial charge in [0.15, 0.2) is 0 Å². The molecule has 0 radical (unpaired) electrons. The molecule has 3 rings (SSSR count). The van der Waals surface area contributed by atoms with E-state index in [1.165, 1.54) is 16.7 Å². The second-order valence-corrected chi connectivity index (χ2v) is 6.53. The Morgan fingerprint density at radius 2 is 1.83 bits per heavy atom. The van der Waals surface area contributed by atoms with Gasteiger partial charge in [0.25, 0.3) is 0 Å². The summed E-state index contributed by atoms with van der Waals surface area (Å²) in [5, 5.41) is 0. The first-order valence-electron chi connectivity index (χ1n) is 8.74. The smallest absolute Gasteiger partial charge is 0.410 e. The number of rotatable bonds is 6. The second kappa shape index (κ2) is 7.52. The highest BCUT2D eigenvalue weighted by Gasteiger charge is 2.34. The Kier molecular flexibility index (Phi) is 5.19. The van der Waals surface area contributed by atoms with Crippen LogP contribution in [-0.4, -0.2) is 30.2 Å². The first kappa shape index (κ1) is 16.6. The Bertz CT molecular complexity index is 683. The fourth-order valence-corrected chi connectivity index (χ4v) is 3.50. The number of nitrogens with zero attached hydrogens (tertiary/aromatic N) is 1. The predicted octanol–water partition coefficient (Wildman–Crippen LogP) is 4.42. The number of benzene rings is 2. The van der Waals surface area contributed by atoms with Crippen LogP contribution in [0.25, 0.3) is 0 Å². The molecular weight excluding hydrogens is 298 g/mol. The van der Waals surface area contributed by atoms with E-state index in [4.69, 9.17) is 4.74 Å². The molecule has 0 N–H and O–H groups in total. The molecule has 0 aromatic heterocycles. The van der Waals surface area contributed by atoms with Gasteiger partial charge in [-0.3, -0.25) is 0 Å². The Morgan fingerprint density at radius 3 is 2.58 bits per heavy atom. The van der Waals surface area contributed by atoms with Gasteiger partial charge in [0, 0.05) is 6.54 Å². The highest BCUT2D eigenvalue weighted by Crippen LogP contribution is 2.25. The van der Waals surface area contributed by atoms with Gasteiger partial charge >= 0.3 is 6.09 Å². The Labute approximate surface area is 144 Å². The number of hydrogen-bond acceptors (Lipinski definition) is 2. The van der Waals surface area contributed by atoms with Crippen LogP contribution in [0.5, 0.6) is 0 Å². The lowest BCUT2D eigenvalue weighted by Gasteiger charge is -2.26. The molecular formula is C21H25NO2. The maximum absolute atomic E-state index is 12.2. The normalized spacial score (nSPS) is 18.5. The van der Waals surface area contributed by atoms with Gasteiger partial charge < -0.3 is 9.64 Å². The molecule has 1 aliphatic rings. The van der Waals surface area contributed by atoms with Crippen molar-refractivity contribution < 1.29 is 9.53 Å². The number of cyclic esters (lactones) is 1. The van der Waals surface area contributed by atoms with Crippen molar-refractivity contribution >= 4 is 6.09 Å². The van der Waals surface area contributed by atoms with Gasteiger partial charge in [0.05, 0.1) is 6.04 Å². The average Bonchev–Trinajstić information content (AvgIpc) is 2.96. The summed E-state index contributed by atoms with van der Waals surface area (Å²) in [6.45, 7) is 5.55. The van der Waals surface area contributed by atoms with Crippen molar-refractivity contribution in [2.45, 2.75) is 38.6 Å². The van der Waals surface area contributed by atoms with Crippen LogP contribution in [0.2, 0.25) is 0 Å². The molecule has 0 bridgehead atoms. The summed E-state index contributed by atoms with van der Waals surface area (Å²) in [6.07, 6.45) is 1.67. The summed E-state index contributed by atoms with van der Waals surface area (Å²) in [7, 11) is 0. The van der Waals surface area contributed by atoms with Crippen molar-refractivity contribution in [1.82, 2.24) is 4.90 Å². The van der Waals surface area contributed by atoms with Crippen molar-refractivity contribution in [2.75, 3.05) is 13.2 Å². The number of hydrogen-bond donors (Lipinski definition) is 0. The molecule has 1 heterocycles. The van der Waals surface area contributed by atoms with Crippen LogP contribution in [0, 0.1) is 0 Å². The molecule has 0 aliphatic carbocycles. The summed E-state index contributed by atoms with van der Waals surface area (Å²) in [4.78, 5) is 14.1. The van der Waals surface area contributed by atoms with Crippen molar-refractivity contribution in [3.8, 4) is 0 Å². The highest BCUT2D eigenvalue weighted by molar-refractivity contribution is 5.70. The van der Waals surface area contributed by atoms with Crippen molar-refractivity contribution in [3.63, 3.8) is 0 Å². The van der Waals surface area contributed by atoms with E-state index in [1.807, 2.05) is 23.1 Å². The van der Waals surface area contributed by atoms with E-state index in [1.54, 1.807) is 0 Å². The molecule has 1 aliphatic heterocycles. The molecule has 2 atom stereocenters. The molecule has 3 nitrogen and oxygen atoms in total. The summed E-state index contributed by atoms with van der Waals surface area (Å²) in [5.41, 5.74) is 3.93. The first-order valence-corrected chi connectivity index (χ1v) is 8.74. The van der Waals surface area contributed by atoms with Crippen molar-refractivity contribution in [1.29, 1.82) is 0 Å². The summed E-state index contributed by atoms with van der Waals surface area (Å²) in [5.74, 6) is 0.296. The molecule has 126 valence electrons. The highest BCUT2D eigenvalue weighted by atomic mass is 16.6. The van der Waals surface area contributed by atoms with E-state index in [0.717, 1.165) is 12.8 Å². The Morgan fingerprint density at radius 1 is 1.12 bits per heavy atom. The minimum Gasteiger partial charge on any atom is -0.447 e. The molecule has 3 heteroatoms. The van der Waals surface area contributed by atoms with Crippen LogP contribution in [-0.2, 0) is 17.6 Å². The molecule has 1 fully saturated rings. The Balaban J connectivity index is 1.72. The van der Waals surface area contributed by atoms with Crippen LogP contribution in [0.4, 0.5) is 4.79 Å². The maximum atomic E-state index is 12.2. The minimum absolute atomic E-state index is 0.121. The van der Waals surface area contributed by atoms with E-state index in [9.17, 15) is 4.79 Å². The molecule has 1 saturated heterocycles. The summed E-state index contributed by atoms with van der Waals surface area (Å²) in [6, 6.07) is 18.9. The van der Waals surface area contributed by atoms with Gasteiger partial charge in [-0.15, -0.1) is 0 Å². The standard InChI is InChI=1S/C21H25NO2/c1-3-18-11-7-8-12-20(18)16(2)14-22-19(15-24-21(22)23)13-17-9-5-4-6-10-17/h4-12,16,19H,3,13-15H2,1-2H3/t16-,19+/m0/s1. The van der Waals surface area contributed by atoms with Crippen LogP contribution in [0.1, 0.15) is 36.5 Å². The van der Waals surface area contributed by atoms with Crippen LogP contribution >= 0.6 is 0 Å². The van der Waals surface area contributed by atoms with Crippen molar-refractivity contribution in [2.24, 2.45) is 0 Å². The predicted molar refractivity (Wildman–Crippen MR) is 96.2 cm³/mol. The number of amides is 1. The third-order valence-electron chi connectivity index (χ3n) is 4.83. The van der Waals surface area contributed by atoms with Gasteiger partial charge in [-0.2, -0.15) is 0 Å². The largest absolute Gasteiger partial charge is 0.447 e. The molecule has 0 unspecified atom stereocenters. The van der Waals surface area contributed by atoms with Gasteiger partial charge in [-0.05, 0) is 35.4 Å². The van der Waals surface area contributed by atoms with Gasteiger partial charge in [0.2, 0.25) is 0 Å². The molecule has 24 heavy (non-hydrogen) atoms. The fourth-order valence-electron chi connectivity index (χ4n) is 3.50. The number of ether oxygens (including phenoxy) is 1. The molecule has 0 spiro atoms. The van der Waals surface area contributed by atoms with E-state index in [-0.39, 0.29) is 12.1 Å². The monoisotopic (exact) mass is 323 g/mol. The minimum atomic E-state index is -0.184. The van der Waals surface area contributed by atoms with Crippen LogP contribution in [0.3, 0.4) is 0 Å². The number of aryl methyl sites for hydroxylation is 1. The van der Waals surface area contributed by atoms with E-state index >= 15 is 0 Å². The van der Waals surface area contributed by atoms with Gasteiger partial charge in [-0.1, -0.05) is 68.4 Å². The second-order valence-electron chi connectivity index (χ2n) is 6.53. The van der Waals surface area contributed by atoms with Gasteiger partial charge in [-0.25, -0.2) is 4.79 Å². The lowest BCUT2D eigenvalue weighted by Crippen LogP contribution is -2.37. The van der Waals surface area contributed by atoms with E-state index < -0.39 is 0 Å². The molecule has 1 amide bonds. The lowest BCUT2D eigenvalue weighted by atomic mass is 9.93. The van der Waals surface area contributed by atoms with E-state index in [2.05, 4.69) is 50.2 Å². The van der Waals surface area contributed by atoms with Crippen LogP contribution < -0.4 is 0 Å². The van der Waals surface area contributed by atoms with E-state index in [0.29, 0.717) is 19.1 Å². The van der Waals surface area contributed by atoms with Gasteiger partial charge in [0.1, 0.15) is 6.61 Å². The zero-order chi connectivity index (χ0) is 16.9. The van der Waals surface area contributed by atoms with Crippen LogP contribution in [0.15, 0.2) is 54.6 Å². The summed E-state index contributed by atoms with van der Waals surface area (Å²) >= 11 is 0.